The first kappa shape index (κ1) is 20.9. The highest BCUT2D eigenvalue weighted by molar-refractivity contribution is 7.93. The summed E-state index contributed by atoms with van der Waals surface area (Å²) < 4.78 is 28.3. The number of carbonyl (C=O) groups is 2. The SMILES string of the molecule is COC1([C@H](NC(=O)c2ccc(C#CCCO)cc2)C(=O)NO)CS(=O)(=O)C1. The Hall–Kier alpha value is -2.45. The molecule has 0 bridgehead atoms. The third-order valence-electron chi connectivity index (χ3n) is 4.13. The van der Waals surface area contributed by atoms with Crippen molar-refractivity contribution in [2.45, 2.75) is 18.1 Å². The van der Waals surface area contributed by atoms with E-state index >= 15 is 0 Å². The van der Waals surface area contributed by atoms with Gasteiger partial charge in [-0.3, -0.25) is 14.8 Å². The van der Waals surface area contributed by atoms with Crippen LogP contribution in [-0.2, 0) is 19.4 Å². The maximum atomic E-state index is 12.5. The lowest BCUT2D eigenvalue weighted by atomic mass is 9.95. The van der Waals surface area contributed by atoms with Crippen molar-refractivity contribution in [3.05, 3.63) is 35.4 Å². The summed E-state index contributed by atoms with van der Waals surface area (Å²) in [5.74, 6) is 3.05. The molecule has 27 heavy (non-hydrogen) atoms. The highest BCUT2D eigenvalue weighted by Gasteiger charge is 2.57. The Labute approximate surface area is 156 Å². The van der Waals surface area contributed by atoms with Crippen LogP contribution in [0.3, 0.4) is 0 Å². The molecule has 1 atom stereocenters. The fraction of sp³-hybridized carbons (Fsp3) is 0.412. The monoisotopic (exact) mass is 396 g/mol. The number of hydrogen-bond donors (Lipinski definition) is 4. The summed E-state index contributed by atoms with van der Waals surface area (Å²) in [7, 11) is -2.14. The van der Waals surface area contributed by atoms with Gasteiger partial charge in [0.1, 0.15) is 11.6 Å². The molecule has 1 aliphatic rings. The lowest BCUT2D eigenvalue weighted by molar-refractivity contribution is -0.138. The zero-order chi connectivity index (χ0) is 20.1. The average molecular weight is 396 g/mol. The lowest BCUT2D eigenvalue weighted by Crippen LogP contribution is -2.71. The maximum absolute atomic E-state index is 12.5. The molecule has 9 nitrogen and oxygen atoms in total. The van der Waals surface area contributed by atoms with E-state index in [1.807, 2.05) is 0 Å². The maximum Gasteiger partial charge on any atom is 0.268 e. The number of hydrogen-bond acceptors (Lipinski definition) is 7. The van der Waals surface area contributed by atoms with E-state index in [-0.39, 0.29) is 12.2 Å². The molecule has 1 aromatic carbocycles. The van der Waals surface area contributed by atoms with Crippen LogP contribution in [0.5, 0.6) is 0 Å². The number of ether oxygens (including phenoxy) is 1. The van der Waals surface area contributed by atoms with Crippen molar-refractivity contribution >= 4 is 21.7 Å². The largest absolute Gasteiger partial charge is 0.395 e. The molecule has 1 heterocycles. The molecule has 4 N–H and O–H groups in total. The highest BCUT2D eigenvalue weighted by atomic mass is 32.2. The normalized spacial score (nSPS) is 17.6. The predicted octanol–water partition coefficient (Wildman–Crippen LogP) is -1.16. The molecular formula is C17H20N2O7S. The summed E-state index contributed by atoms with van der Waals surface area (Å²) in [5.41, 5.74) is 0.837. The Morgan fingerprint density at radius 2 is 1.93 bits per heavy atom. The summed E-state index contributed by atoms with van der Waals surface area (Å²) in [4.78, 5) is 24.5. The molecule has 0 saturated carbocycles. The lowest BCUT2D eigenvalue weighted by Gasteiger charge is -2.44. The molecule has 1 saturated heterocycles. The van der Waals surface area contributed by atoms with Crippen LogP contribution in [0.15, 0.2) is 24.3 Å². The van der Waals surface area contributed by atoms with Gasteiger partial charge in [-0.1, -0.05) is 11.8 Å². The van der Waals surface area contributed by atoms with Crippen molar-refractivity contribution in [1.82, 2.24) is 10.8 Å². The van der Waals surface area contributed by atoms with E-state index < -0.39 is 44.8 Å². The summed E-state index contributed by atoms with van der Waals surface area (Å²) in [6.07, 6.45) is 0.336. The van der Waals surface area contributed by atoms with Crippen LogP contribution in [-0.4, -0.2) is 67.4 Å². The molecule has 0 spiro atoms. The Balaban J connectivity index is 2.17. The number of aliphatic hydroxyl groups excluding tert-OH is 1. The first-order valence-corrected chi connectivity index (χ1v) is 9.79. The number of nitrogens with one attached hydrogen (secondary N) is 2. The molecule has 1 aromatic rings. The van der Waals surface area contributed by atoms with Gasteiger partial charge in [0, 0.05) is 24.7 Å². The molecule has 146 valence electrons. The first-order valence-electron chi connectivity index (χ1n) is 7.97. The van der Waals surface area contributed by atoms with Gasteiger partial charge in [0.15, 0.2) is 9.84 Å². The summed E-state index contributed by atoms with van der Waals surface area (Å²) in [6, 6.07) is 4.78. The van der Waals surface area contributed by atoms with Crippen molar-refractivity contribution in [2.75, 3.05) is 25.2 Å². The summed E-state index contributed by atoms with van der Waals surface area (Å²) in [5, 5.41) is 20.1. The second kappa shape index (κ2) is 8.49. The van der Waals surface area contributed by atoms with Crippen molar-refractivity contribution in [3.8, 4) is 11.8 Å². The number of amides is 2. The fourth-order valence-electron chi connectivity index (χ4n) is 2.74. The Morgan fingerprint density at radius 1 is 1.30 bits per heavy atom. The fourth-order valence-corrected chi connectivity index (χ4v) is 4.72. The molecule has 2 rings (SSSR count). The van der Waals surface area contributed by atoms with Gasteiger partial charge in [-0.25, -0.2) is 13.9 Å². The summed E-state index contributed by atoms with van der Waals surface area (Å²) >= 11 is 0. The van der Waals surface area contributed by atoms with Gasteiger partial charge in [0.25, 0.3) is 11.8 Å². The van der Waals surface area contributed by atoms with Crippen LogP contribution in [0.4, 0.5) is 0 Å². The minimum atomic E-state index is -3.38. The van der Waals surface area contributed by atoms with Crippen molar-refractivity contribution in [3.63, 3.8) is 0 Å². The van der Waals surface area contributed by atoms with Crippen LogP contribution < -0.4 is 10.8 Å². The van der Waals surface area contributed by atoms with Gasteiger partial charge >= 0.3 is 0 Å². The van der Waals surface area contributed by atoms with Crippen LogP contribution in [0.2, 0.25) is 0 Å². The number of sulfone groups is 1. The van der Waals surface area contributed by atoms with Gasteiger partial charge in [-0.15, -0.1) is 0 Å². The van der Waals surface area contributed by atoms with Gasteiger partial charge in [-0.2, -0.15) is 0 Å². The van der Waals surface area contributed by atoms with E-state index in [1.165, 1.54) is 24.7 Å². The molecule has 0 unspecified atom stereocenters. The predicted molar refractivity (Wildman–Crippen MR) is 94.6 cm³/mol. The Morgan fingerprint density at radius 3 is 2.41 bits per heavy atom. The molecule has 2 amide bonds. The molecule has 10 heteroatoms. The van der Waals surface area contributed by atoms with Gasteiger partial charge in [-0.05, 0) is 24.3 Å². The van der Waals surface area contributed by atoms with Crippen molar-refractivity contribution in [1.29, 1.82) is 0 Å². The third-order valence-corrected chi connectivity index (χ3v) is 5.98. The zero-order valence-corrected chi connectivity index (χ0v) is 15.4. The minimum Gasteiger partial charge on any atom is -0.395 e. The summed E-state index contributed by atoms with van der Waals surface area (Å²) in [6.45, 7) is -0.0429. The van der Waals surface area contributed by atoms with Crippen molar-refractivity contribution < 1.29 is 33.1 Å². The van der Waals surface area contributed by atoms with E-state index in [0.29, 0.717) is 12.0 Å². The molecule has 1 aliphatic heterocycles. The van der Waals surface area contributed by atoms with Crippen LogP contribution in [0, 0.1) is 11.8 Å². The van der Waals surface area contributed by atoms with Gasteiger partial charge < -0.3 is 15.2 Å². The number of carbonyl (C=O) groups excluding carboxylic acids is 2. The van der Waals surface area contributed by atoms with E-state index in [9.17, 15) is 18.0 Å². The first-order chi connectivity index (χ1) is 12.8. The second-order valence-corrected chi connectivity index (χ2v) is 8.10. The average Bonchev–Trinajstić information content (AvgIpc) is 2.63. The molecule has 0 aromatic heterocycles. The number of methoxy groups -OCH3 is 1. The molecule has 0 radical (unpaired) electrons. The third kappa shape index (κ3) is 4.84. The standard InChI is InChI=1S/C17H20N2O7S/c1-26-17(10-27(24,25)11-17)14(16(22)19-23)18-15(21)13-7-5-12(6-8-13)4-2-3-9-20/h5-8,14,20,23H,3,9-11H2,1H3,(H,18,21)(H,19,22)/t14-/m1/s1. The van der Waals surface area contributed by atoms with Gasteiger partial charge in [0.05, 0.1) is 18.1 Å². The number of benzene rings is 1. The number of hydroxylamine groups is 1. The van der Waals surface area contributed by atoms with Crippen LogP contribution >= 0.6 is 0 Å². The molecular weight excluding hydrogens is 376 g/mol. The van der Waals surface area contributed by atoms with Crippen molar-refractivity contribution in [2.24, 2.45) is 0 Å². The smallest absolute Gasteiger partial charge is 0.268 e. The van der Waals surface area contributed by atoms with E-state index in [2.05, 4.69) is 17.2 Å². The second-order valence-electron chi connectivity index (χ2n) is 6.04. The zero-order valence-electron chi connectivity index (χ0n) is 14.6. The van der Waals surface area contributed by atoms with Gasteiger partial charge in [0.2, 0.25) is 0 Å². The van der Waals surface area contributed by atoms with E-state index in [1.54, 1.807) is 12.1 Å². The Bertz CT molecular complexity index is 857. The number of aliphatic hydroxyl groups is 1. The van der Waals surface area contributed by atoms with Crippen LogP contribution in [0.25, 0.3) is 0 Å². The molecule has 0 aliphatic carbocycles. The highest BCUT2D eigenvalue weighted by Crippen LogP contribution is 2.31. The molecule has 1 fully saturated rings. The topological polar surface area (TPSA) is 142 Å². The van der Waals surface area contributed by atoms with Crippen LogP contribution in [0.1, 0.15) is 22.3 Å². The minimum absolute atomic E-state index is 0.0429. The Kier molecular flexibility index (Phi) is 6.56. The quantitative estimate of drug-likeness (QED) is 0.270. The van der Waals surface area contributed by atoms with E-state index in [0.717, 1.165) is 0 Å². The number of rotatable bonds is 6. The van der Waals surface area contributed by atoms with E-state index in [4.69, 9.17) is 15.1 Å².